The Morgan fingerprint density at radius 3 is 2.44 bits per heavy atom. The van der Waals surface area contributed by atoms with Gasteiger partial charge in [-0.2, -0.15) is 0 Å². The lowest BCUT2D eigenvalue weighted by Gasteiger charge is -2.32. The number of aromatic nitrogens is 1. The summed E-state index contributed by atoms with van der Waals surface area (Å²) in [5.74, 6) is 0.549. The number of nitrogens with zero attached hydrogens (tertiary/aromatic N) is 1. The molecule has 0 unspecified atom stereocenters. The molecule has 1 aliphatic carbocycles. The molecule has 7 heteroatoms. The number of pyridine rings is 1. The van der Waals surface area contributed by atoms with E-state index in [4.69, 9.17) is 20.6 Å². The molecule has 3 rings (SSSR count). The van der Waals surface area contributed by atoms with E-state index in [0.29, 0.717) is 41.3 Å². The van der Waals surface area contributed by atoms with Gasteiger partial charge in [0.25, 0.3) is 5.56 Å². The van der Waals surface area contributed by atoms with Crippen LogP contribution in [0.25, 0.3) is 5.69 Å². The minimum absolute atomic E-state index is 0.00770. The van der Waals surface area contributed by atoms with E-state index in [2.05, 4.69) is 0 Å². The monoisotopic (exact) mass is 369 g/mol. The molecule has 1 aromatic carbocycles. The van der Waals surface area contributed by atoms with Crippen molar-refractivity contribution in [3.8, 4) is 17.2 Å². The number of carbonyl (C=O) groups is 1. The van der Waals surface area contributed by atoms with Crippen LogP contribution in [0.5, 0.6) is 11.5 Å². The van der Waals surface area contributed by atoms with Gasteiger partial charge in [0.1, 0.15) is 17.3 Å². The number of amidine groups is 1. The van der Waals surface area contributed by atoms with Crippen molar-refractivity contribution in [2.24, 2.45) is 11.1 Å². The second-order valence-electron chi connectivity index (χ2n) is 7.45. The Balaban J connectivity index is 2.44. The summed E-state index contributed by atoms with van der Waals surface area (Å²) in [6.07, 6.45) is 0.895. The predicted molar refractivity (Wildman–Crippen MR) is 103 cm³/mol. The van der Waals surface area contributed by atoms with Crippen LogP contribution in [0.2, 0.25) is 0 Å². The highest BCUT2D eigenvalue weighted by molar-refractivity contribution is 6.02. The maximum absolute atomic E-state index is 13.2. The molecule has 0 fully saturated rings. The zero-order valence-corrected chi connectivity index (χ0v) is 15.9. The van der Waals surface area contributed by atoms with Gasteiger partial charge in [-0.1, -0.05) is 13.8 Å². The summed E-state index contributed by atoms with van der Waals surface area (Å²) in [5.41, 5.74) is 6.33. The van der Waals surface area contributed by atoms with Gasteiger partial charge < -0.3 is 15.2 Å². The molecule has 27 heavy (non-hydrogen) atoms. The lowest BCUT2D eigenvalue weighted by atomic mass is 9.75. The van der Waals surface area contributed by atoms with E-state index >= 15 is 0 Å². The first-order valence-electron chi connectivity index (χ1n) is 8.57. The number of benzene rings is 1. The first-order chi connectivity index (χ1) is 12.7. The van der Waals surface area contributed by atoms with E-state index in [0.717, 1.165) is 0 Å². The lowest BCUT2D eigenvalue weighted by Crippen LogP contribution is -2.37. The SMILES string of the molecule is COc1ccc(OC)c(-n2c3c(cc(C(=N)N)c2=O)C(=O)CC(C)(C)C3)c1. The third-order valence-corrected chi connectivity index (χ3v) is 4.81. The predicted octanol–water partition coefficient (Wildman–Crippen LogP) is 2.29. The second-order valence-corrected chi connectivity index (χ2v) is 7.45. The first-order valence-corrected chi connectivity index (χ1v) is 8.57. The Hall–Kier alpha value is -3.09. The van der Waals surface area contributed by atoms with E-state index in [1.807, 2.05) is 13.8 Å². The highest BCUT2D eigenvalue weighted by Gasteiger charge is 2.35. The molecule has 1 aromatic heterocycles. The van der Waals surface area contributed by atoms with Crippen molar-refractivity contribution in [3.05, 3.63) is 51.4 Å². The van der Waals surface area contributed by atoms with Crippen molar-refractivity contribution < 1.29 is 14.3 Å². The Bertz CT molecular complexity index is 1010. The van der Waals surface area contributed by atoms with Crippen molar-refractivity contribution in [3.63, 3.8) is 0 Å². The van der Waals surface area contributed by atoms with E-state index in [9.17, 15) is 9.59 Å². The Kier molecular flexibility index (Phi) is 4.55. The molecule has 7 nitrogen and oxygen atoms in total. The average Bonchev–Trinajstić information content (AvgIpc) is 2.59. The number of hydrogen-bond acceptors (Lipinski definition) is 5. The highest BCUT2D eigenvalue weighted by atomic mass is 16.5. The number of ether oxygens (including phenoxy) is 2. The maximum atomic E-state index is 13.2. The Morgan fingerprint density at radius 1 is 1.15 bits per heavy atom. The topological polar surface area (TPSA) is 107 Å². The standard InChI is InChI=1S/C20H23N3O4/c1-20(2)9-15-12(16(24)10-20)8-13(18(21)22)19(25)23(15)14-7-11(26-3)5-6-17(14)27-4/h5-8H,9-10H2,1-4H3,(H3,21,22). The van der Waals surface area contributed by atoms with E-state index in [1.54, 1.807) is 18.2 Å². The number of nitrogens with one attached hydrogen (secondary N) is 1. The molecule has 3 N–H and O–H groups in total. The molecule has 0 bridgehead atoms. The fraction of sp³-hybridized carbons (Fsp3) is 0.350. The molecule has 1 aliphatic rings. The number of fused-ring (bicyclic) bond motifs is 1. The molecule has 0 spiro atoms. The van der Waals surface area contributed by atoms with E-state index in [1.165, 1.54) is 24.9 Å². The summed E-state index contributed by atoms with van der Waals surface area (Å²) >= 11 is 0. The number of rotatable bonds is 4. The lowest BCUT2D eigenvalue weighted by molar-refractivity contribution is 0.0908. The summed E-state index contributed by atoms with van der Waals surface area (Å²) < 4.78 is 12.2. The zero-order chi connectivity index (χ0) is 19.9. The van der Waals surface area contributed by atoms with Gasteiger partial charge in [0.15, 0.2) is 5.78 Å². The Labute approximate surface area is 157 Å². The zero-order valence-electron chi connectivity index (χ0n) is 15.9. The molecule has 0 saturated carbocycles. The number of Topliss-reactive ketones (excluding diaryl/α,β-unsaturated/α-hetero) is 1. The molecule has 0 amide bonds. The van der Waals surface area contributed by atoms with Crippen LogP contribution in [-0.4, -0.2) is 30.4 Å². The van der Waals surface area contributed by atoms with Crippen LogP contribution in [0.1, 0.15) is 41.9 Å². The normalized spacial score (nSPS) is 15.2. The number of carbonyl (C=O) groups excluding carboxylic acids is 1. The van der Waals surface area contributed by atoms with Crippen molar-refractivity contribution in [2.45, 2.75) is 26.7 Å². The van der Waals surface area contributed by atoms with Crippen LogP contribution < -0.4 is 20.8 Å². The third kappa shape index (κ3) is 3.20. The molecule has 142 valence electrons. The average molecular weight is 369 g/mol. The minimum atomic E-state index is -0.460. The van der Waals surface area contributed by atoms with Gasteiger partial charge in [-0.15, -0.1) is 0 Å². The number of ketones is 1. The smallest absolute Gasteiger partial charge is 0.266 e. The highest BCUT2D eigenvalue weighted by Crippen LogP contribution is 2.37. The van der Waals surface area contributed by atoms with Gasteiger partial charge in [0, 0.05) is 23.7 Å². The number of hydrogen-bond donors (Lipinski definition) is 2. The summed E-state index contributed by atoms with van der Waals surface area (Å²) in [6, 6.07) is 6.55. The van der Waals surface area contributed by atoms with Crippen LogP contribution in [-0.2, 0) is 6.42 Å². The van der Waals surface area contributed by atoms with Gasteiger partial charge in [-0.05, 0) is 30.0 Å². The summed E-state index contributed by atoms with van der Waals surface area (Å²) in [4.78, 5) is 26.0. The van der Waals surface area contributed by atoms with Crippen LogP contribution in [0.15, 0.2) is 29.1 Å². The molecule has 1 heterocycles. The number of nitrogens with two attached hydrogens (primary N) is 1. The van der Waals surface area contributed by atoms with Crippen LogP contribution >= 0.6 is 0 Å². The third-order valence-electron chi connectivity index (χ3n) is 4.81. The van der Waals surface area contributed by atoms with Gasteiger partial charge in [0.05, 0.1) is 25.5 Å². The summed E-state index contributed by atoms with van der Waals surface area (Å²) in [5, 5.41) is 7.77. The van der Waals surface area contributed by atoms with Crippen molar-refractivity contribution in [1.82, 2.24) is 4.57 Å². The molecule has 0 saturated heterocycles. The number of nitrogen functional groups attached to an aromatic ring is 1. The Morgan fingerprint density at radius 2 is 1.85 bits per heavy atom. The van der Waals surface area contributed by atoms with Gasteiger partial charge in [-0.25, -0.2) is 0 Å². The number of methoxy groups -OCH3 is 2. The molecule has 0 radical (unpaired) electrons. The van der Waals surface area contributed by atoms with Gasteiger partial charge in [0.2, 0.25) is 0 Å². The van der Waals surface area contributed by atoms with Gasteiger partial charge >= 0.3 is 0 Å². The maximum Gasteiger partial charge on any atom is 0.266 e. The molecular formula is C20H23N3O4. The minimum Gasteiger partial charge on any atom is -0.497 e. The largest absolute Gasteiger partial charge is 0.497 e. The molecule has 0 atom stereocenters. The second kappa shape index (κ2) is 6.57. The summed E-state index contributed by atoms with van der Waals surface area (Å²) in [7, 11) is 3.04. The van der Waals surface area contributed by atoms with E-state index in [-0.39, 0.29) is 22.6 Å². The summed E-state index contributed by atoms with van der Waals surface area (Å²) in [6.45, 7) is 3.98. The van der Waals surface area contributed by atoms with Crippen LogP contribution in [0, 0.1) is 10.8 Å². The molecule has 0 aliphatic heterocycles. The fourth-order valence-electron chi connectivity index (χ4n) is 3.53. The quantitative estimate of drug-likeness (QED) is 0.635. The molecular weight excluding hydrogens is 346 g/mol. The van der Waals surface area contributed by atoms with Crippen molar-refractivity contribution in [2.75, 3.05) is 14.2 Å². The fourth-order valence-corrected chi connectivity index (χ4v) is 3.53. The van der Waals surface area contributed by atoms with Crippen molar-refractivity contribution >= 4 is 11.6 Å². The molecule has 2 aromatic rings. The first kappa shape index (κ1) is 18.7. The van der Waals surface area contributed by atoms with E-state index < -0.39 is 5.56 Å². The van der Waals surface area contributed by atoms with Crippen LogP contribution in [0.3, 0.4) is 0 Å². The van der Waals surface area contributed by atoms with Crippen molar-refractivity contribution in [1.29, 1.82) is 5.41 Å². The van der Waals surface area contributed by atoms with Crippen LogP contribution in [0.4, 0.5) is 0 Å². The van der Waals surface area contributed by atoms with Gasteiger partial charge in [-0.3, -0.25) is 19.6 Å².